The van der Waals surface area contributed by atoms with E-state index < -0.39 is 9.84 Å². The molecule has 1 aromatic heterocycles. The van der Waals surface area contributed by atoms with E-state index in [1.807, 2.05) is 42.8 Å². The molecule has 7 nitrogen and oxygen atoms in total. The van der Waals surface area contributed by atoms with E-state index >= 15 is 0 Å². The van der Waals surface area contributed by atoms with Crippen molar-refractivity contribution in [2.45, 2.75) is 26.8 Å². The van der Waals surface area contributed by atoms with E-state index in [9.17, 15) is 8.42 Å². The minimum atomic E-state index is -2.93. The summed E-state index contributed by atoms with van der Waals surface area (Å²) in [5.41, 5.74) is 4.18. The Labute approximate surface area is 155 Å². The van der Waals surface area contributed by atoms with Crippen LogP contribution in [0.4, 0.5) is 0 Å². The Kier molecular flexibility index (Phi) is 6.79. The lowest BCUT2D eigenvalue weighted by atomic mass is 10.1. The van der Waals surface area contributed by atoms with Gasteiger partial charge in [-0.05, 0) is 38.0 Å². The smallest absolute Gasteiger partial charge is 0.191 e. The minimum Gasteiger partial charge on any atom is -0.356 e. The lowest BCUT2D eigenvalue weighted by Gasteiger charge is -2.15. The van der Waals surface area contributed by atoms with Gasteiger partial charge in [-0.15, -0.1) is 0 Å². The van der Waals surface area contributed by atoms with Crippen LogP contribution in [0.1, 0.15) is 23.4 Å². The molecule has 8 heteroatoms. The van der Waals surface area contributed by atoms with Gasteiger partial charge in [0.1, 0.15) is 9.84 Å². The van der Waals surface area contributed by atoms with Crippen molar-refractivity contribution in [2.75, 3.05) is 25.6 Å². The second kappa shape index (κ2) is 8.84. The van der Waals surface area contributed by atoms with Gasteiger partial charge in [0.15, 0.2) is 5.96 Å². The molecular formula is C18H27N5O2S. The molecule has 0 aliphatic heterocycles. The highest BCUT2D eigenvalue weighted by Crippen LogP contribution is 2.16. The summed E-state index contributed by atoms with van der Waals surface area (Å²) >= 11 is 0. The van der Waals surface area contributed by atoms with Crippen LogP contribution in [0.15, 0.2) is 35.3 Å². The van der Waals surface area contributed by atoms with Crippen LogP contribution in [0.25, 0.3) is 5.69 Å². The Hall–Kier alpha value is -2.35. The first-order valence-electron chi connectivity index (χ1n) is 8.54. The molecule has 2 N–H and O–H groups in total. The Bertz CT molecular complexity index is 871. The zero-order valence-corrected chi connectivity index (χ0v) is 16.6. The number of hydrogen-bond donors (Lipinski definition) is 2. The molecule has 1 heterocycles. The fourth-order valence-electron chi connectivity index (χ4n) is 2.68. The molecule has 0 fully saturated rings. The maximum atomic E-state index is 11.2. The summed E-state index contributed by atoms with van der Waals surface area (Å²) in [6.07, 6.45) is 1.79. The first kappa shape index (κ1) is 20.0. The lowest BCUT2D eigenvalue weighted by Crippen LogP contribution is -2.37. The van der Waals surface area contributed by atoms with E-state index in [2.05, 4.69) is 26.8 Å². The molecule has 0 aliphatic carbocycles. The average Bonchev–Trinajstić information content (AvgIpc) is 2.92. The molecule has 0 bridgehead atoms. The maximum Gasteiger partial charge on any atom is 0.191 e. The molecule has 2 rings (SSSR count). The van der Waals surface area contributed by atoms with Gasteiger partial charge in [0.25, 0.3) is 0 Å². The lowest BCUT2D eigenvalue weighted by molar-refractivity contribution is 0.598. The van der Waals surface area contributed by atoms with E-state index in [1.165, 1.54) is 6.26 Å². The largest absolute Gasteiger partial charge is 0.356 e. The van der Waals surface area contributed by atoms with Crippen LogP contribution >= 0.6 is 0 Å². The number of aromatic nitrogens is 2. The van der Waals surface area contributed by atoms with Gasteiger partial charge in [-0.25, -0.2) is 13.1 Å². The van der Waals surface area contributed by atoms with Gasteiger partial charge in [0.2, 0.25) is 0 Å². The van der Waals surface area contributed by atoms with Crippen LogP contribution in [0.3, 0.4) is 0 Å². The van der Waals surface area contributed by atoms with E-state index in [-0.39, 0.29) is 5.75 Å². The van der Waals surface area contributed by atoms with E-state index in [4.69, 9.17) is 0 Å². The zero-order valence-electron chi connectivity index (χ0n) is 15.8. The summed E-state index contributed by atoms with van der Waals surface area (Å²) in [5.74, 6) is 0.805. The first-order chi connectivity index (χ1) is 12.3. The second-order valence-corrected chi connectivity index (χ2v) is 8.56. The number of aryl methyl sites for hydroxylation is 2. The van der Waals surface area contributed by atoms with Gasteiger partial charge in [0, 0.05) is 32.1 Å². The molecule has 26 heavy (non-hydrogen) atoms. The second-order valence-electron chi connectivity index (χ2n) is 6.30. The number of guanidine groups is 1. The predicted octanol–water partition coefficient (Wildman–Crippen LogP) is 1.59. The molecule has 0 spiro atoms. The topological polar surface area (TPSA) is 88.4 Å². The number of nitrogens with one attached hydrogen (secondary N) is 2. The predicted molar refractivity (Wildman–Crippen MR) is 106 cm³/mol. The van der Waals surface area contributed by atoms with Gasteiger partial charge >= 0.3 is 0 Å². The summed E-state index contributed by atoms with van der Waals surface area (Å²) in [5, 5.41) is 11.0. The van der Waals surface area contributed by atoms with Crippen LogP contribution in [0.5, 0.6) is 0 Å². The monoisotopic (exact) mass is 377 g/mol. The molecule has 0 aliphatic rings. The van der Waals surface area contributed by atoms with Crippen molar-refractivity contribution in [1.82, 2.24) is 20.4 Å². The van der Waals surface area contributed by atoms with E-state index in [0.717, 1.165) is 22.6 Å². The van der Waals surface area contributed by atoms with E-state index in [1.54, 1.807) is 7.05 Å². The summed E-state index contributed by atoms with van der Waals surface area (Å²) in [4.78, 5) is 4.18. The number of sulfone groups is 1. The molecule has 1 aromatic carbocycles. The number of hydrogen-bond acceptors (Lipinski definition) is 4. The summed E-state index contributed by atoms with van der Waals surface area (Å²) in [6, 6.07) is 10.1. The van der Waals surface area contributed by atoms with Crippen molar-refractivity contribution >= 4 is 15.8 Å². The number of para-hydroxylation sites is 1. The quantitative estimate of drug-likeness (QED) is 0.435. The fourth-order valence-corrected chi connectivity index (χ4v) is 3.35. The van der Waals surface area contributed by atoms with Crippen molar-refractivity contribution in [3.8, 4) is 5.69 Å². The summed E-state index contributed by atoms with van der Waals surface area (Å²) in [7, 11) is -1.24. The van der Waals surface area contributed by atoms with Crippen LogP contribution in [0, 0.1) is 13.8 Å². The zero-order chi connectivity index (χ0) is 19.2. The van der Waals surface area contributed by atoms with Gasteiger partial charge in [-0.1, -0.05) is 18.2 Å². The van der Waals surface area contributed by atoms with Crippen LogP contribution in [0.2, 0.25) is 0 Å². The van der Waals surface area contributed by atoms with E-state index in [0.29, 0.717) is 25.5 Å². The van der Waals surface area contributed by atoms with Crippen molar-refractivity contribution < 1.29 is 8.42 Å². The fraction of sp³-hybridized carbons (Fsp3) is 0.444. The van der Waals surface area contributed by atoms with Crippen molar-refractivity contribution in [3.63, 3.8) is 0 Å². The highest BCUT2D eigenvalue weighted by atomic mass is 32.2. The number of benzene rings is 1. The number of rotatable bonds is 7. The first-order valence-corrected chi connectivity index (χ1v) is 10.6. The SMILES string of the molecule is CN=C(NCCCS(C)(=O)=O)NCc1ccccc1-n1nc(C)cc1C. The van der Waals surface area contributed by atoms with Crippen LogP contribution in [-0.4, -0.2) is 49.8 Å². The molecule has 142 valence electrons. The molecule has 0 amide bonds. The Morgan fingerprint density at radius 3 is 2.58 bits per heavy atom. The van der Waals surface area contributed by atoms with Crippen LogP contribution < -0.4 is 10.6 Å². The van der Waals surface area contributed by atoms with Crippen molar-refractivity contribution in [2.24, 2.45) is 4.99 Å². The third-order valence-corrected chi connectivity index (χ3v) is 4.91. The third kappa shape index (κ3) is 5.87. The highest BCUT2D eigenvalue weighted by Gasteiger charge is 2.09. The highest BCUT2D eigenvalue weighted by molar-refractivity contribution is 7.90. The molecule has 0 saturated carbocycles. The van der Waals surface area contributed by atoms with Crippen molar-refractivity contribution in [3.05, 3.63) is 47.3 Å². The Morgan fingerprint density at radius 2 is 1.96 bits per heavy atom. The van der Waals surface area contributed by atoms with Crippen LogP contribution in [-0.2, 0) is 16.4 Å². The molecule has 0 unspecified atom stereocenters. The molecular weight excluding hydrogens is 350 g/mol. The number of aliphatic imine (C=N–C) groups is 1. The molecule has 0 atom stereocenters. The Balaban J connectivity index is 1.99. The number of nitrogens with zero attached hydrogens (tertiary/aromatic N) is 3. The Morgan fingerprint density at radius 1 is 1.23 bits per heavy atom. The van der Waals surface area contributed by atoms with Gasteiger partial charge < -0.3 is 10.6 Å². The summed E-state index contributed by atoms with van der Waals surface area (Å²) < 4.78 is 24.3. The molecule has 2 aromatic rings. The third-order valence-electron chi connectivity index (χ3n) is 3.88. The summed E-state index contributed by atoms with van der Waals surface area (Å²) in [6.45, 7) is 5.14. The minimum absolute atomic E-state index is 0.164. The van der Waals surface area contributed by atoms with Gasteiger partial charge in [-0.2, -0.15) is 5.10 Å². The maximum absolute atomic E-state index is 11.2. The average molecular weight is 378 g/mol. The standard InChI is InChI=1S/C18H27N5O2S/c1-14-12-15(2)23(22-14)17-9-6-5-8-16(17)13-21-18(19-3)20-10-7-11-26(4,24)25/h5-6,8-9,12H,7,10-11,13H2,1-4H3,(H2,19,20,21). The van der Waals surface area contributed by atoms with Gasteiger partial charge in [-0.3, -0.25) is 4.99 Å². The van der Waals surface area contributed by atoms with Crippen molar-refractivity contribution in [1.29, 1.82) is 0 Å². The normalized spacial score (nSPS) is 12.2. The molecule has 0 saturated heterocycles. The van der Waals surface area contributed by atoms with Gasteiger partial charge in [0.05, 0.1) is 17.1 Å². The molecule has 0 radical (unpaired) electrons.